The van der Waals surface area contributed by atoms with Gasteiger partial charge in [-0.15, -0.1) is 0 Å². The fourth-order valence-electron chi connectivity index (χ4n) is 9.78. The number of fused-ring (bicyclic) bond motifs is 5. The Kier molecular flexibility index (Phi) is 9.28. The topological polar surface area (TPSA) is 107 Å². The molecule has 0 heterocycles. The molecule has 4 saturated carbocycles. The summed E-state index contributed by atoms with van der Waals surface area (Å²) in [6.45, 7) is 14.4. The summed E-state index contributed by atoms with van der Waals surface area (Å²) < 4.78 is 5.84. The molecule has 38 heavy (non-hydrogen) atoms. The number of allylic oxidation sites excluding steroid dienone is 2. The molecule has 0 aliphatic heterocycles. The number of esters is 1. The summed E-state index contributed by atoms with van der Waals surface area (Å²) in [5.41, 5.74) is 1.31. The van der Waals surface area contributed by atoms with Gasteiger partial charge in [0.15, 0.2) is 0 Å². The minimum absolute atomic E-state index is 0. The summed E-state index contributed by atoms with van der Waals surface area (Å²) in [7, 11) is 0. The molecule has 4 rings (SSSR count). The monoisotopic (exact) mass is 622 g/mol. The van der Waals surface area contributed by atoms with Crippen molar-refractivity contribution in [1.82, 2.24) is 0 Å². The normalized spacial score (nSPS) is 45.0. The quantitative estimate of drug-likeness (QED) is 0.205. The van der Waals surface area contributed by atoms with Gasteiger partial charge in [0.05, 0.1) is 18.2 Å². The van der Waals surface area contributed by atoms with E-state index in [1.165, 1.54) is 6.92 Å². The van der Waals surface area contributed by atoms with E-state index in [1.807, 2.05) is 19.9 Å². The van der Waals surface area contributed by atoms with Crippen molar-refractivity contribution in [2.45, 2.75) is 118 Å². The van der Waals surface area contributed by atoms with Crippen LogP contribution in [0.2, 0.25) is 0 Å². The fraction of sp³-hybridized carbons (Fsp3) is 0.806. The van der Waals surface area contributed by atoms with Crippen LogP contribution in [-0.4, -0.2) is 40.5 Å². The molecule has 0 saturated heterocycles. The number of hydrogen-bond acceptors (Lipinski definition) is 6. The first kappa shape index (κ1) is 31.6. The molecule has 6 nitrogen and oxygen atoms in total. The van der Waals surface area contributed by atoms with Gasteiger partial charge >= 0.3 is 28.3 Å². The maximum Gasteiger partial charge on any atom is 1.00 e. The Morgan fingerprint density at radius 2 is 1.71 bits per heavy atom. The minimum Gasteiger partial charge on any atom is -0.545 e. The van der Waals surface area contributed by atoms with E-state index in [9.17, 15) is 24.9 Å². The van der Waals surface area contributed by atoms with Crippen molar-refractivity contribution >= 4 is 11.9 Å². The average Bonchev–Trinajstić information content (AvgIpc) is 3.05. The minimum atomic E-state index is -1.20. The van der Waals surface area contributed by atoms with Gasteiger partial charge in [-0.1, -0.05) is 39.3 Å². The molecule has 218 valence electrons. The molecule has 7 heteroatoms. The second-order valence-electron chi connectivity index (χ2n) is 13.6. The molecule has 0 aromatic rings. The molecular weight excluding hydrogens is 576 g/mol. The van der Waals surface area contributed by atoms with Crippen LogP contribution in [0.4, 0.5) is 0 Å². The Labute approximate surface area is 244 Å². The Morgan fingerprint density at radius 1 is 1.05 bits per heavy atom. The first-order valence-corrected chi connectivity index (χ1v) is 14.3. The molecule has 0 radical (unpaired) electrons. The second kappa shape index (κ2) is 11.2. The summed E-state index contributed by atoms with van der Waals surface area (Å²) in [6.07, 6.45) is 5.92. The van der Waals surface area contributed by atoms with E-state index in [-0.39, 0.29) is 68.1 Å². The summed E-state index contributed by atoms with van der Waals surface area (Å²) >= 11 is 0. The van der Waals surface area contributed by atoms with Crippen molar-refractivity contribution in [3.05, 3.63) is 22.8 Å². The zero-order chi connectivity index (χ0) is 27.5. The third kappa shape index (κ3) is 4.91. The van der Waals surface area contributed by atoms with Crippen molar-refractivity contribution < 1.29 is 52.0 Å². The van der Waals surface area contributed by atoms with Crippen molar-refractivity contribution in [2.24, 2.45) is 39.9 Å². The summed E-state index contributed by atoms with van der Waals surface area (Å²) in [5.74, 6) is -1.25. The Morgan fingerprint density at radius 3 is 2.29 bits per heavy atom. The fourth-order valence-corrected chi connectivity index (χ4v) is 9.78. The predicted molar refractivity (Wildman–Crippen MR) is 140 cm³/mol. The van der Waals surface area contributed by atoms with E-state index < -0.39 is 24.1 Å². The summed E-state index contributed by atoms with van der Waals surface area (Å²) in [4.78, 5) is 24.7. The van der Waals surface area contributed by atoms with Gasteiger partial charge < -0.3 is 24.9 Å². The van der Waals surface area contributed by atoms with Crippen LogP contribution in [0.1, 0.15) is 99.8 Å². The van der Waals surface area contributed by atoms with Gasteiger partial charge in [0, 0.05) is 6.92 Å². The van der Waals surface area contributed by atoms with E-state index in [0.717, 1.165) is 31.3 Å². The Bertz CT molecular complexity index is 1000. The maximum atomic E-state index is 12.5. The number of aliphatic hydroxyl groups is 2. The van der Waals surface area contributed by atoms with Crippen LogP contribution < -0.4 is 5.11 Å². The van der Waals surface area contributed by atoms with Gasteiger partial charge in [-0.3, -0.25) is 4.79 Å². The van der Waals surface area contributed by atoms with Crippen LogP contribution in [0.5, 0.6) is 0 Å². The molecular formula is C31H47AgO6. The number of carbonyl (C=O) groups excluding carboxylic acids is 2. The zero-order valence-electron chi connectivity index (χ0n) is 24.1. The molecule has 0 aromatic carbocycles. The molecule has 0 amide bonds. The number of carboxylic acids is 1. The van der Waals surface area contributed by atoms with Gasteiger partial charge in [0.2, 0.25) is 0 Å². The first-order valence-electron chi connectivity index (χ1n) is 14.3. The van der Waals surface area contributed by atoms with E-state index in [0.29, 0.717) is 37.2 Å². The zero-order valence-corrected chi connectivity index (χ0v) is 25.6. The van der Waals surface area contributed by atoms with Crippen LogP contribution in [0, 0.1) is 39.9 Å². The van der Waals surface area contributed by atoms with Gasteiger partial charge in [0.25, 0.3) is 0 Å². The van der Waals surface area contributed by atoms with Crippen LogP contribution >= 0.6 is 0 Å². The van der Waals surface area contributed by atoms with Crippen molar-refractivity contribution in [3.8, 4) is 0 Å². The van der Waals surface area contributed by atoms with Crippen LogP contribution in [-0.2, 0) is 36.7 Å². The smallest absolute Gasteiger partial charge is 0.545 e. The van der Waals surface area contributed by atoms with Gasteiger partial charge in [-0.2, -0.15) is 0 Å². The molecule has 0 bridgehead atoms. The van der Waals surface area contributed by atoms with Crippen molar-refractivity contribution in [1.29, 1.82) is 0 Å². The maximum absolute atomic E-state index is 12.5. The summed E-state index contributed by atoms with van der Waals surface area (Å²) in [5, 5.41) is 35.0. The number of hydrogen-bond donors (Lipinski definition) is 2. The second-order valence-corrected chi connectivity index (χ2v) is 13.6. The number of carbonyl (C=O) groups is 2. The SMILES string of the molecule is CC(=O)O[C@H]1C[C@@]2(C)[C@H](C[C@@H](O)C3[C@@]4(C)CC[C@@H](O)[C@@H](C)C4CC[C@@]32C)C1=C(CCC=C(C)C)C(=O)[O-].[Ag+]. The first-order chi connectivity index (χ1) is 17.2. The molecule has 2 unspecified atom stereocenters. The number of carboxylic acid groups (broad SMARTS) is 1. The number of aliphatic hydroxyl groups excluding tert-OH is 2. The largest absolute Gasteiger partial charge is 1.00 e. The number of aliphatic carboxylic acids is 1. The third-order valence-electron chi connectivity index (χ3n) is 11.6. The number of rotatable bonds is 5. The summed E-state index contributed by atoms with van der Waals surface area (Å²) in [6, 6.07) is 0. The molecule has 0 aromatic heterocycles. The predicted octanol–water partition coefficient (Wildman–Crippen LogP) is 4.33. The average molecular weight is 624 g/mol. The standard InChI is InChI=1S/C31H48O6.Ag/c1-17(2)9-8-10-20(28(35)36)26-22-15-24(34)27-29(5)13-12-23(33)18(3)21(29)11-14-30(27,6)31(22,7)16-25(26)37-19(4)32;/h9,18,21-25,27,33-34H,8,10-16H2,1-7H3,(H,35,36);/q;+1/p-1/t18-,21?,22+,23+,24+,25-,27?,29-,30-,31-;/m0./s1. The number of ether oxygens (including phenoxy) is 1. The molecule has 4 fully saturated rings. The van der Waals surface area contributed by atoms with E-state index in [2.05, 4.69) is 27.7 Å². The van der Waals surface area contributed by atoms with Crippen LogP contribution in [0.15, 0.2) is 22.8 Å². The van der Waals surface area contributed by atoms with Crippen molar-refractivity contribution in [2.75, 3.05) is 0 Å². The molecule has 0 spiro atoms. The van der Waals surface area contributed by atoms with E-state index >= 15 is 0 Å². The van der Waals surface area contributed by atoms with Crippen LogP contribution in [0.25, 0.3) is 0 Å². The molecule has 2 N–H and O–H groups in total. The Hall–Kier alpha value is -0.920. The van der Waals surface area contributed by atoms with Gasteiger partial charge in [-0.05, 0) is 116 Å². The molecule has 4 aliphatic rings. The molecule has 4 aliphatic carbocycles. The van der Waals surface area contributed by atoms with Gasteiger partial charge in [-0.25, -0.2) is 0 Å². The van der Waals surface area contributed by atoms with Crippen molar-refractivity contribution in [3.63, 3.8) is 0 Å². The van der Waals surface area contributed by atoms with Crippen LogP contribution in [0.3, 0.4) is 0 Å². The molecule has 10 atom stereocenters. The Balaban J connectivity index is 0.00000400. The van der Waals surface area contributed by atoms with E-state index in [1.54, 1.807) is 0 Å². The van der Waals surface area contributed by atoms with Gasteiger partial charge in [0.1, 0.15) is 6.10 Å². The van der Waals surface area contributed by atoms with E-state index in [4.69, 9.17) is 4.74 Å². The third-order valence-corrected chi connectivity index (χ3v) is 11.6.